The van der Waals surface area contributed by atoms with E-state index >= 15 is 0 Å². The molecule has 0 unspecified atom stereocenters. The van der Waals surface area contributed by atoms with Crippen molar-refractivity contribution in [2.24, 2.45) is 5.73 Å². The van der Waals surface area contributed by atoms with Crippen LogP contribution in [0, 0.1) is 0 Å². The number of hydrogen-bond donors (Lipinski definition) is 3. The predicted molar refractivity (Wildman–Crippen MR) is 114 cm³/mol. The highest BCUT2D eigenvalue weighted by molar-refractivity contribution is 6.32. The molecule has 0 aliphatic rings. The smallest absolute Gasteiger partial charge is 0.251 e. The Bertz CT molecular complexity index is 1010. The molecule has 0 bridgehead atoms. The number of primary amides is 1. The molecule has 29 heavy (non-hydrogen) atoms. The van der Waals surface area contributed by atoms with Crippen LogP contribution in [0.5, 0.6) is 5.75 Å². The number of carbonyl (C=O) groups excluding carboxylic acids is 2. The van der Waals surface area contributed by atoms with Gasteiger partial charge in [0.2, 0.25) is 5.91 Å². The maximum absolute atomic E-state index is 13.0. The van der Waals surface area contributed by atoms with Crippen LogP contribution < -0.4 is 21.1 Å². The fourth-order valence-corrected chi connectivity index (χ4v) is 3.06. The first kappa shape index (κ1) is 20.2. The molecule has 0 radical (unpaired) electrons. The maximum atomic E-state index is 13.0. The van der Waals surface area contributed by atoms with Crippen molar-refractivity contribution >= 4 is 34.8 Å². The van der Waals surface area contributed by atoms with Gasteiger partial charge in [-0.15, -0.1) is 0 Å². The SMILES string of the molecule is COc1ccc(NC(=O)[C@@H](Nc2ccc(C(N)=O)cc2)c2ccccc2)cc1Cl. The Morgan fingerprint density at radius 1 is 0.966 bits per heavy atom. The van der Waals surface area contributed by atoms with Gasteiger partial charge in [-0.3, -0.25) is 9.59 Å². The molecule has 0 heterocycles. The number of carbonyl (C=O) groups is 2. The molecule has 148 valence electrons. The third kappa shape index (κ3) is 5.06. The minimum atomic E-state index is -0.670. The fraction of sp³-hybridized carbons (Fsp3) is 0.0909. The fourth-order valence-electron chi connectivity index (χ4n) is 2.80. The molecule has 7 heteroatoms. The van der Waals surface area contributed by atoms with Gasteiger partial charge in [-0.25, -0.2) is 0 Å². The lowest BCUT2D eigenvalue weighted by atomic mass is 10.1. The molecule has 0 aliphatic heterocycles. The van der Waals surface area contributed by atoms with E-state index in [4.69, 9.17) is 22.1 Å². The quantitative estimate of drug-likeness (QED) is 0.544. The highest BCUT2D eigenvalue weighted by Crippen LogP contribution is 2.28. The summed E-state index contributed by atoms with van der Waals surface area (Å²) >= 11 is 6.15. The zero-order chi connectivity index (χ0) is 20.8. The summed E-state index contributed by atoms with van der Waals surface area (Å²) in [6.07, 6.45) is 0. The average molecular weight is 410 g/mol. The third-order valence-electron chi connectivity index (χ3n) is 4.29. The minimum Gasteiger partial charge on any atom is -0.495 e. The monoisotopic (exact) mass is 409 g/mol. The van der Waals surface area contributed by atoms with Gasteiger partial charge < -0.3 is 21.1 Å². The largest absolute Gasteiger partial charge is 0.495 e. The van der Waals surface area contributed by atoms with Crippen molar-refractivity contribution in [1.82, 2.24) is 0 Å². The third-order valence-corrected chi connectivity index (χ3v) is 4.59. The van der Waals surface area contributed by atoms with Crippen LogP contribution in [0.4, 0.5) is 11.4 Å². The maximum Gasteiger partial charge on any atom is 0.251 e. The van der Waals surface area contributed by atoms with E-state index in [1.807, 2.05) is 30.3 Å². The molecular formula is C22H20ClN3O3. The molecular weight excluding hydrogens is 390 g/mol. The van der Waals surface area contributed by atoms with Crippen LogP contribution >= 0.6 is 11.6 Å². The predicted octanol–water partition coefficient (Wildman–Crippen LogP) is 4.24. The number of nitrogens with one attached hydrogen (secondary N) is 2. The lowest BCUT2D eigenvalue weighted by Crippen LogP contribution is -2.27. The summed E-state index contributed by atoms with van der Waals surface area (Å²) in [4.78, 5) is 24.3. The molecule has 0 saturated heterocycles. The zero-order valence-corrected chi connectivity index (χ0v) is 16.4. The first-order valence-corrected chi connectivity index (χ1v) is 9.21. The molecule has 0 saturated carbocycles. The van der Waals surface area contributed by atoms with Gasteiger partial charge in [0.15, 0.2) is 0 Å². The highest BCUT2D eigenvalue weighted by atomic mass is 35.5. The van der Waals surface area contributed by atoms with Crippen molar-refractivity contribution in [2.75, 3.05) is 17.7 Å². The molecule has 3 rings (SSSR count). The second kappa shape index (κ2) is 9.12. The number of anilines is 2. The van der Waals surface area contributed by atoms with Crippen molar-refractivity contribution in [3.63, 3.8) is 0 Å². The molecule has 0 aliphatic carbocycles. The summed E-state index contributed by atoms with van der Waals surface area (Å²) in [6, 6.07) is 20.3. The van der Waals surface area contributed by atoms with Crippen LogP contribution in [0.15, 0.2) is 72.8 Å². The molecule has 6 nitrogen and oxygen atoms in total. The molecule has 0 fully saturated rings. The van der Waals surface area contributed by atoms with Crippen LogP contribution in [0.3, 0.4) is 0 Å². The summed E-state index contributed by atoms with van der Waals surface area (Å²) < 4.78 is 5.14. The summed E-state index contributed by atoms with van der Waals surface area (Å²) in [5.74, 6) is -0.251. The molecule has 0 aromatic heterocycles. The van der Waals surface area contributed by atoms with E-state index in [9.17, 15) is 9.59 Å². The second-order valence-corrected chi connectivity index (χ2v) is 6.68. The molecule has 2 amide bonds. The van der Waals surface area contributed by atoms with Gasteiger partial charge in [0, 0.05) is 16.9 Å². The van der Waals surface area contributed by atoms with Crippen molar-refractivity contribution in [1.29, 1.82) is 0 Å². The first-order valence-electron chi connectivity index (χ1n) is 8.83. The Morgan fingerprint density at radius 2 is 1.62 bits per heavy atom. The Kier molecular flexibility index (Phi) is 6.36. The number of nitrogens with two attached hydrogens (primary N) is 1. The van der Waals surface area contributed by atoms with Crippen LogP contribution in [0.25, 0.3) is 0 Å². The second-order valence-electron chi connectivity index (χ2n) is 6.27. The number of amides is 2. The van der Waals surface area contributed by atoms with E-state index in [2.05, 4.69) is 10.6 Å². The molecule has 1 atom stereocenters. The molecule has 3 aromatic rings. The Morgan fingerprint density at radius 3 is 2.21 bits per heavy atom. The number of methoxy groups -OCH3 is 1. The van der Waals surface area contributed by atoms with Gasteiger partial charge in [0.1, 0.15) is 11.8 Å². The van der Waals surface area contributed by atoms with Crippen LogP contribution in [0.1, 0.15) is 22.0 Å². The highest BCUT2D eigenvalue weighted by Gasteiger charge is 2.21. The van der Waals surface area contributed by atoms with Gasteiger partial charge in [-0.05, 0) is 48.0 Å². The van der Waals surface area contributed by atoms with Gasteiger partial charge in [-0.1, -0.05) is 41.9 Å². The van der Waals surface area contributed by atoms with E-state index in [1.54, 1.807) is 42.5 Å². The first-order chi connectivity index (χ1) is 14.0. The van der Waals surface area contributed by atoms with Crippen LogP contribution in [-0.2, 0) is 4.79 Å². The topological polar surface area (TPSA) is 93.4 Å². The van der Waals surface area contributed by atoms with Crippen molar-refractivity contribution in [3.05, 3.63) is 88.9 Å². The average Bonchev–Trinajstić information content (AvgIpc) is 2.73. The van der Waals surface area contributed by atoms with Crippen LogP contribution in [0.2, 0.25) is 5.02 Å². The number of halogens is 1. The van der Waals surface area contributed by atoms with Crippen molar-refractivity contribution in [3.8, 4) is 5.75 Å². The van der Waals surface area contributed by atoms with Gasteiger partial charge in [0.05, 0.1) is 12.1 Å². The summed E-state index contributed by atoms with van der Waals surface area (Å²) in [5, 5.41) is 6.46. The summed E-state index contributed by atoms with van der Waals surface area (Å²) in [6.45, 7) is 0. The summed E-state index contributed by atoms with van der Waals surface area (Å²) in [7, 11) is 1.53. The zero-order valence-electron chi connectivity index (χ0n) is 15.7. The summed E-state index contributed by atoms with van der Waals surface area (Å²) in [5.41, 5.74) is 7.68. The Labute approximate surface area is 173 Å². The lowest BCUT2D eigenvalue weighted by Gasteiger charge is -2.20. The van der Waals surface area contributed by atoms with Crippen LogP contribution in [-0.4, -0.2) is 18.9 Å². The normalized spacial score (nSPS) is 11.4. The number of rotatable bonds is 7. The molecule has 3 aromatic carbocycles. The van der Waals surface area contributed by atoms with Gasteiger partial charge in [0.25, 0.3) is 5.91 Å². The van der Waals surface area contributed by atoms with E-state index in [0.717, 1.165) is 5.56 Å². The Hall–Kier alpha value is -3.51. The standard InChI is InChI=1S/C22H20ClN3O3/c1-29-19-12-11-17(13-18(19)23)26-22(28)20(14-5-3-2-4-6-14)25-16-9-7-15(8-10-16)21(24)27/h2-13,20,25H,1H3,(H2,24,27)(H,26,28)/t20-/m0/s1. The number of hydrogen-bond acceptors (Lipinski definition) is 4. The minimum absolute atomic E-state index is 0.267. The van der Waals surface area contributed by atoms with E-state index < -0.39 is 11.9 Å². The number of ether oxygens (including phenoxy) is 1. The molecule has 4 N–H and O–H groups in total. The van der Waals surface area contributed by atoms with E-state index in [-0.39, 0.29) is 5.91 Å². The molecule has 0 spiro atoms. The van der Waals surface area contributed by atoms with Gasteiger partial charge in [-0.2, -0.15) is 0 Å². The van der Waals surface area contributed by atoms with Gasteiger partial charge >= 0.3 is 0 Å². The van der Waals surface area contributed by atoms with Crippen molar-refractivity contribution < 1.29 is 14.3 Å². The van der Waals surface area contributed by atoms with E-state index in [0.29, 0.717) is 27.7 Å². The van der Waals surface area contributed by atoms with Crippen molar-refractivity contribution in [2.45, 2.75) is 6.04 Å². The lowest BCUT2D eigenvalue weighted by molar-refractivity contribution is -0.117. The Balaban J connectivity index is 1.84. The number of benzene rings is 3. The van der Waals surface area contributed by atoms with E-state index in [1.165, 1.54) is 7.11 Å².